The number of primary amides is 1. The smallest absolute Gasteiger partial charge is 0.244 e. The van der Waals surface area contributed by atoms with E-state index in [1.807, 2.05) is 4.72 Å². The van der Waals surface area contributed by atoms with E-state index in [-0.39, 0.29) is 25.0 Å². The van der Waals surface area contributed by atoms with Crippen LogP contribution < -0.4 is 10.5 Å². The van der Waals surface area contributed by atoms with Gasteiger partial charge in [0.05, 0.1) is 0 Å². The lowest BCUT2D eigenvalue weighted by Gasteiger charge is -2.26. The molecule has 9 heteroatoms. The normalized spacial score (nSPS) is 17.9. The second kappa shape index (κ2) is 5.30. The molecule has 1 aromatic carbocycles. The van der Waals surface area contributed by atoms with E-state index in [0.29, 0.717) is 12.8 Å². The molecular formula is C12H13F3N2O3S. The monoisotopic (exact) mass is 322 g/mol. The first-order valence-electron chi connectivity index (χ1n) is 6.16. The van der Waals surface area contributed by atoms with Crippen LogP contribution in [0, 0.1) is 17.5 Å². The number of carbonyl (C=O) groups excluding carboxylic acids is 1. The molecule has 1 aromatic rings. The number of carbonyl (C=O) groups is 1. The summed E-state index contributed by atoms with van der Waals surface area (Å²) in [5.74, 6) is -5.33. The van der Waals surface area contributed by atoms with E-state index in [9.17, 15) is 26.4 Å². The Balaban J connectivity index is 2.43. The second-order valence-corrected chi connectivity index (χ2v) is 6.61. The number of halogens is 3. The molecule has 0 spiro atoms. The lowest BCUT2D eigenvalue weighted by molar-refractivity contribution is -0.123. The zero-order valence-electron chi connectivity index (χ0n) is 10.8. The van der Waals surface area contributed by atoms with Gasteiger partial charge in [0.15, 0.2) is 11.6 Å². The Bertz CT molecular complexity index is 685. The summed E-state index contributed by atoms with van der Waals surface area (Å²) in [5, 5.41) is 0. The van der Waals surface area contributed by atoms with Crippen LogP contribution in [0.5, 0.6) is 0 Å². The van der Waals surface area contributed by atoms with Gasteiger partial charge in [0, 0.05) is 6.07 Å². The Hall–Kier alpha value is -1.61. The van der Waals surface area contributed by atoms with E-state index in [1.165, 1.54) is 0 Å². The predicted molar refractivity (Wildman–Crippen MR) is 67.0 cm³/mol. The highest BCUT2D eigenvalue weighted by Crippen LogP contribution is 2.31. The van der Waals surface area contributed by atoms with E-state index in [0.717, 1.165) is 0 Å². The molecule has 1 amide bonds. The third-order valence-electron chi connectivity index (χ3n) is 3.52. The van der Waals surface area contributed by atoms with Gasteiger partial charge in [-0.1, -0.05) is 12.8 Å². The van der Waals surface area contributed by atoms with E-state index in [1.54, 1.807) is 0 Å². The van der Waals surface area contributed by atoms with Gasteiger partial charge in [-0.05, 0) is 18.9 Å². The minimum Gasteiger partial charge on any atom is -0.368 e. The van der Waals surface area contributed by atoms with Crippen LogP contribution in [0.4, 0.5) is 13.2 Å². The van der Waals surface area contributed by atoms with Crippen molar-refractivity contribution in [2.45, 2.75) is 36.1 Å². The molecule has 116 valence electrons. The fourth-order valence-electron chi connectivity index (χ4n) is 2.40. The molecule has 2 rings (SSSR count). The first kappa shape index (κ1) is 15.8. The van der Waals surface area contributed by atoms with Crippen LogP contribution in [-0.2, 0) is 14.8 Å². The molecule has 0 unspecified atom stereocenters. The lowest BCUT2D eigenvalue weighted by Crippen LogP contribution is -2.55. The zero-order valence-corrected chi connectivity index (χ0v) is 11.6. The van der Waals surface area contributed by atoms with Crippen LogP contribution in [0.1, 0.15) is 25.7 Å². The highest BCUT2D eigenvalue weighted by atomic mass is 32.2. The molecule has 1 saturated carbocycles. The van der Waals surface area contributed by atoms with E-state index >= 15 is 0 Å². The van der Waals surface area contributed by atoms with Crippen LogP contribution in [0.15, 0.2) is 17.0 Å². The highest BCUT2D eigenvalue weighted by molar-refractivity contribution is 7.89. The van der Waals surface area contributed by atoms with Gasteiger partial charge < -0.3 is 5.73 Å². The number of nitrogens with two attached hydrogens (primary N) is 1. The Morgan fingerprint density at radius 3 is 2.14 bits per heavy atom. The van der Waals surface area contributed by atoms with Gasteiger partial charge in [0.25, 0.3) is 0 Å². The van der Waals surface area contributed by atoms with Crippen LogP contribution in [0.25, 0.3) is 0 Å². The van der Waals surface area contributed by atoms with Crippen LogP contribution in [0.2, 0.25) is 0 Å². The number of hydrogen-bond acceptors (Lipinski definition) is 3. The molecule has 0 bridgehead atoms. The first-order chi connectivity index (χ1) is 9.68. The van der Waals surface area contributed by atoms with Crippen molar-refractivity contribution in [3.8, 4) is 0 Å². The van der Waals surface area contributed by atoms with Crippen molar-refractivity contribution in [3.63, 3.8) is 0 Å². The van der Waals surface area contributed by atoms with Gasteiger partial charge in [-0.15, -0.1) is 0 Å². The van der Waals surface area contributed by atoms with Crippen LogP contribution >= 0.6 is 0 Å². The summed E-state index contributed by atoms with van der Waals surface area (Å²) < 4.78 is 65.9. The molecular weight excluding hydrogens is 309 g/mol. The number of sulfonamides is 1. The van der Waals surface area contributed by atoms with Crippen molar-refractivity contribution < 1.29 is 26.4 Å². The number of benzene rings is 1. The molecule has 0 atom stereocenters. The van der Waals surface area contributed by atoms with Gasteiger partial charge in [0.1, 0.15) is 16.3 Å². The molecule has 0 radical (unpaired) electrons. The summed E-state index contributed by atoms with van der Waals surface area (Å²) in [6.07, 6.45) is 1.50. The third-order valence-corrected chi connectivity index (χ3v) is 5.07. The number of hydrogen-bond donors (Lipinski definition) is 2. The predicted octanol–water partition coefficient (Wildman–Crippen LogP) is 1.18. The zero-order chi connectivity index (χ0) is 15.8. The molecule has 1 aliphatic carbocycles. The summed E-state index contributed by atoms with van der Waals surface area (Å²) in [6.45, 7) is 0. The Morgan fingerprint density at radius 2 is 1.62 bits per heavy atom. The summed E-state index contributed by atoms with van der Waals surface area (Å²) >= 11 is 0. The third kappa shape index (κ3) is 2.88. The summed E-state index contributed by atoms with van der Waals surface area (Å²) in [4.78, 5) is 10.4. The summed E-state index contributed by atoms with van der Waals surface area (Å²) in [6, 6.07) is 0.367. The average molecular weight is 322 g/mol. The topological polar surface area (TPSA) is 89.3 Å². The molecule has 0 aromatic heterocycles. The Morgan fingerprint density at radius 1 is 1.10 bits per heavy atom. The Kier molecular flexibility index (Phi) is 3.98. The fourth-order valence-corrected chi connectivity index (χ4v) is 3.90. The van der Waals surface area contributed by atoms with Crippen LogP contribution in [-0.4, -0.2) is 19.9 Å². The van der Waals surface area contributed by atoms with Crippen molar-refractivity contribution in [2.75, 3.05) is 0 Å². The SMILES string of the molecule is NC(=O)C1(NS(=O)(=O)c2cc(F)c(F)cc2F)CCCC1. The van der Waals surface area contributed by atoms with Crippen molar-refractivity contribution in [3.05, 3.63) is 29.6 Å². The minimum atomic E-state index is -4.55. The maximum atomic E-state index is 13.6. The molecule has 0 heterocycles. The van der Waals surface area contributed by atoms with Crippen molar-refractivity contribution in [2.24, 2.45) is 5.73 Å². The lowest BCUT2D eigenvalue weighted by atomic mass is 9.99. The van der Waals surface area contributed by atoms with Gasteiger partial charge in [0.2, 0.25) is 15.9 Å². The van der Waals surface area contributed by atoms with Gasteiger partial charge in [-0.3, -0.25) is 4.79 Å². The first-order valence-corrected chi connectivity index (χ1v) is 7.65. The fraction of sp³-hybridized carbons (Fsp3) is 0.417. The van der Waals surface area contributed by atoms with E-state index in [4.69, 9.17) is 5.73 Å². The van der Waals surface area contributed by atoms with Crippen LogP contribution in [0.3, 0.4) is 0 Å². The number of amides is 1. The molecule has 5 nitrogen and oxygen atoms in total. The minimum absolute atomic E-state index is 0.134. The van der Waals surface area contributed by atoms with E-state index < -0.39 is 43.8 Å². The highest BCUT2D eigenvalue weighted by Gasteiger charge is 2.43. The van der Waals surface area contributed by atoms with Crippen molar-refractivity contribution in [1.29, 1.82) is 0 Å². The number of rotatable bonds is 4. The molecule has 0 aliphatic heterocycles. The maximum Gasteiger partial charge on any atom is 0.244 e. The molecule has 0 saturated heterocycles. The van der Waals surface area contributed by atoms with Gasteiger partial charge in [-0.2, -0.15) is 4.72 Å². The van der Waals surface area contributed by atoms with Gasteiger partial charge >= 0.3 is 0 Å². The number of nitrogens with one attached hydrogen (secondary N) is 1. The standard InChI is InChI=1S/C12H13F3N2O3S/c13-7-5-9(15)10(6-8(7)14)21(19,20)17-12(11(16)18)3-1-2-4-12/h5-6,17H,1-4H2,(H2,16,18). The van der Waals surface area contributed by atoms with E-state index in [2.05, 4.69) is 0 Å². The Labute approximate surface area is 119 Å². The second-order valence-electron chi connectivity index (χ2n) is 4.96. The molecule has 1 fully saturated rings. The maximum absolute atomic E-state index is 13.6. The molecule has 21 heavy (non-hydrogen) atoms. The van der Waals surface area contributed by atoms with Crippen molar-refractivity contribution >= 4 is 15.9 Å². The molecule has 1 aliphatic rings. The van der Waals surface area contributed by atoms with Crippen molar-refractivity contribution in [1.82, 2.24) is 4.72 Å². The average Bonchev–Trinajstić information content (AvgIpc) is 2.82. The molecule has 3 N–H and O–H groups in total. The summed E-state index contributed by atoms with van der Waals surface area (Å²) in [7, 11) is -4.55. The van der Waals surface area contributed by atoms with Gasteiger partial charge in [-0.25, -0.2) is 21.6 Å². The summed E-state index contributed by atoms with van der Waals surface area (Å²) in [5.41, 5.74) is 3.70. The quantitative estimate of drug-likeness (QED) is 0.816. The largest absolute Gasteiger partial charge is 0.368 e.